The molecular weight excluding hydrogens is 279 g/mol. The molecule has 2 aromatic rings. The predicted octanol–water partition coefficient (Wildman–Crippen LogP) is 2.26. The summed E-state index contributed by atoms with van der Waals surface area (Å²) in [6, 6.07) is 5.47. The Kier molecular flexibility index (Phi) is 2.58. The van der Waals surface area contributed by atoms with E-state index in [-0.39, 0.29) is 0 Å². The van der Waals surface area contributed by atoms with Crippen molar-refractivity contribution in [1.29, 1.82) is 0 Å². The van der Waals surface area contributed by atoms with E-state index < -0.39 is 0 Å². The molecule has 1 aromatic carbocycles. The van der Waals surface area contributed by atoms with E-state index in [1.165, 1.54) is 11.0 Å². The monoisotopic (exact) mass is 286 g/mol. The summed E-state index contributed by atoms with van der Waals surface area (Å²) in [6.45, 7) is 0. The average Bonchev–Trinajstić information content (AvgIpc) is 2.52. The average molecular weight is 288 g/mol. The van der Waals surface area contributed by atoms with Gasteiger partial charge in [-0.05, 0) is 18.2 Å². The minimum absolute atomic E-state index is 0.384. The highest BCUT2D eigenvalue weighted by Gasteiger charge is 2.12. The molecule has 15 heavy (non-hydrogen) atoms. The summed E-state index contributed by atoms with van der Waals surface area (Å²) in [5.74, 6) is 5.92. The molecule has 2 rings (SSSR count). The number of hydrogen-bond acceptors (Lipinski definition) is 3. The highest BCUT2D eigenvalue weighted by Crippen LogP contribution is 2.32. The van der Waals surface area contributed by atoms with Crippen LogP contribution in [0.15, 0.2) is 29.0 Å². The molecule has 0 saturated heterocycles. The first-order valence-electron chi connectivity index (χ1n) is 4.13. The van der Waals surface area contributed by atoms with Gasteiger partial charge in [-0.1, -0.05) is 27.5 Å². The van der Waals surface area contributed by atoms with Crippen molar-refractivity contribution in [2.75, 3.05) is 11.6 Å². The lowest BCUT2D eigenvalue weighted by Gasteiger charge is -2.03. The molecule has 0 saturated carbocycles. The number of halogens is 2. The number of hydrogen-bond donors (Lipinski definition) is 2. The van der Waals surface area contributed by atoms with Gasteiger partial charge in [-0.3, -0.25) is 0 Å². The molecule has 6 heteroatoms. The first-order valence-corrected chi connectivity index (χ1v) is 5.30. The number of nitrogen functional groups attached to an aromatic ring is 2. The van der Waals surface area contributed by atoms with E-state index in [0.717, 1.165) is 10.0 Å². The molecule has 0 aliphatic carbocycles. The zero-order chi connectivity index (χ0) is 11.0. The maximum Gasteiger partial charge on any atom is 0.150 e. The summed E-state index contributed by atoms with van der Waals surface area (Å²) in [4.78, 5) is 4.10. The molecule has 0 atom stereocenters. The van der Waals surface area contributed by atoms with E-state index in [2.05, 4.69) is 20.9 Å². The van der Waals surface area contributed by atoms with Crippen molar-refractivity contribution in [2.45, 2.75) is 0 Å². The van der Waals surface area contributed by atoms with E-state index in [0.29, 0.717) is 16.5 Å². The maximum absolute atomic E-state index is 6.05. The summed E-state index contributed by atoms with van der Waals surface area (Å²) in [7, 11) is 0. The maximum atomic E-state index is 6.05. The molecule has 0 bridgehead atoms. The van der Waals surface area contributed by atoms with Crippen LogP contribution >= 0.6 is 27.5 Å². The third kappa shape index (κ3) is 1.80. The zero-order valence-corrected chi connectivity index (χ0v) is 9.96. The number of rotatable bonds is 1. The van der Waals surface area contributed by atoms with Gasteiger partial charge in [-0.25, -0.2) is 9.66 Å². The van der Waals surface area contributed by atoms with Crippen LogP contribution in [0.25, 0.3) is 11.3 Å². The number of imidazole rings is 1. The number of aromatic nitrogens is 2. The number of nitrogens with two attached hydrogens (primary N) is 2. The largest absolute Gasteiger partial charge is 0.382 e. The lowest BCUT2D eigenvalue weighted by atomic mass is 10.1. The van der Waals surface area contributed by atoms with Crippen LogP contribution in [0.4, 0.5) is 5.82 Å². The molecule has 78 valence electrons. The van der Waals surface area contributed by atoms with Crippen molar-refractivity contribution in [3.8, 4) is 11.3 Å². The van der Waals surface area contributed by atoms with Crippen LogP contribution in [-0.4, -0.2) is 9.66 Å². The SMILES string of the molecule is Nc1c(-c2cc(Br)ccc2Cl)ncn1N. The molecule has 0 radical (unpaired) electrons. The van der Waals surface area contributed by atoms with Gasteiger partial charge in [0.2, 0.25) is 0 Å². The number of nitrogens with zero attached hydrogens (tertiary/aromatic N) is 2. The van der Waals surface area contributed by atoms with E-state index in [4.69, 9.17) is 23.2 Å². The van der Waals surface area contributed by atoms with Crippen LogP contribution in [0.5, 0.6) is 0 Å². The molecule has 4 nitrogen and oxygen atoms in total. The van der Waals surface area contributed by atoms with Crippen LogP contribution in [0.1, 0.15) is 0 Å². The fourth-order valence-corrected chi connectivity index (χ4v) is 1.83. The molecule has 0 unspecified atom stereocenters. The summed E-state index contributed by atoms with van der Waals surface area (Å²) in [6.07, 6.45) is 1.45. The van der Waals surface area contributed by atoms with Gasteiger partial charge in [0.25, 0.3) is 0 Å². The van der Waals surface area contributed by atoms with Gasteiger partial charge in [0.05, 0.1) is 5.02 Å². The molecule has 4 N–H and O–H groups in total. The topological polar surface area (TPSA) is 69.9 Å². The lowest BCUT2D eigenvalue weighted by molar-refractivity contribution is 1.01. The second-order valence-corrected chi connectivity index (χ2v) is 4.33. The van der Waals surface area contributed by atoms with E-state index in [1.54, 1.807) is 6.07 Å². The molecule has 0 aliphatic heterocycles. The van der Waals surface area contributed by atoms with Gasteiger partial charge in [0, 0.05) is 10.0 Å². The van der Waals surface area contributed by atoms with Gasteiger partial charge in [0.15, 0.2) is 5.82 Å². The van der Waals surface area contributed by atoms with Crippen molar-refractivity contribution < 1.29 is 0 Å². The number of benzene rings is 1. The van der Waals surface area contributed by atoms with E-state index >= 15 is 0 Å². The Morgan fingerprint density at radius 2 is 2.13 bits per heavy atom. The Labute approximate surface area is 99.9 Å². The minimum Gasteiger partial charge on any atom is -0.382 e. The van der Waals surface area contributed by atoms with Crippen LogP contribution in [0.2, 0.25) is 5.02 Å². The lowest BCUT2D eigenvalue weighted by Crippen LogP contribution is -2.10. The fraction of sp³-hybridized carbons (Fsp3) is 0. The zero-order valence-electron chi connectivity index (χ0n) is 7.61. The molecule has 1 heterocycles. The Morgan fingerprint density at radius 3 is 2.73 bits per heavy atom. The van der Waals surface area contributed by atoms with Gasteiger partial charge in [0.1, 0.15) is 12.0 Å². The second kappa shape index (κ2) is 3.75. The first kappa shape index (κ1) is 10.3. The molecule has 1 aromatic heterocycles. The summed E-state index contributed by atoms with van der Waals surface area (Å²) >= 11 is 9.41. The highest BCUT2D eigenvalue weighted by atomic mass is 79.9. The Hall–Kier alpha value is -1.20. The molecule has 0 aliphatic rings. The van der Waals surface area contributed by atoms with Crippen LogP contribution in [0.3, 0.4) is 0 Å². The highest BCUT2D eigenvalue weighted by molar-refractivity contribution is 9.10. The van der Waals surface area contributed by atoms with Crippen molar-refractivity contribution in [3.63, 3.8) is 0 Å². The van der Waals surface area contributed by atoms with Crippen LogP contribution in [0, 0.1) is 0 Å². The van der Waals surface area contributed by atoms with Crippen LogP contribution in [-0.2, 0) is 0 Å². The third-order valence-electron chi connectivity index (χ3n) is 2.02. The Morgan fingerprint density at radius 1 is 1.40 bits per heavy atom. The van der Waals surface area contributed by atoms with Crippen molar-refractivity contribution in [1.82, 2.24) is 9.66 Å². The molecule has 0 amide bonds. The van der Waals surface area contributed by atoms with Crippen LogP contribution < -0.4 is 11.6 Å². The van der Waals surface area contributed by atoms with Gasteiger partial charge < -0.3 is 11.6 Å². The fourth-order valence-electron chi connectivity index (χ4n) is 1.26. The third-order valence-corrected chi connectivity index (χ3v) is 2.84. The number of anilines is 1. The predicted molar refractivity (Wildman–Crippen MR) is 64.9 cm³/mol. The van der Waals surface area contributed by atoms with E-state index in [9.17, 15) is 0 Å². The summed E-state index contributed by atoms with van der Waals surface area (Å²) < 4.78 is 2.17. The normalized spacial score (nSPS) is 10.5. The van der Waals surface area contributed by atoms with Gasteiger partial charge >= 0.3 is 0 Å². The second-order valence-electron chi connectivity index (χ2n) is 3.01. The van der Waals surface area contributed by atoms with E-state index in [1.807, 2.05) is 12.1 Å². The van der Waals surface area contributed by atoms with Crippen molar-refractivity contribution in [3.05, 3.63) is 34.0 Å². The van der Waals surface area contributed by atoms with Gasteiger partial charge in [-0.15, -0.1) is 0 Å². The minimum atomic E-state index is 0.384. The molecule has 0 fully saturated rings. The molecule has 0 spiro atoms. The van der Waals surface area contributed by atoms with Crippen molar-refractivity contribution in [2.24, 2.45) is 0 Å². The Bertz CT molecular complexity index is 509. The first-order chi connectivity index (χ1) is 7.09. The Balaban J connectivity index is 2.63. The summed E-state index contributed by atoms with van der Waals surface area (Å²) in [5, 5.41) is 0.587. The quantitative estimate of drug-likeness (QED) is 0.790. The molecular formula is C9H8BrClN4. The summed E-state index contributed by atoms with van der Waals surface area (Å²) in [5.41, 5.74) is 7.10. The standard InChI is InChI=1S/C9H8BrClN4/c10-5-1-2-7(11)6(3-5)8-9(12)15(13)4-14-8/h1-4H,12-13H2. The smallest absolute Gasteiger partial charge is 0.150 e. The van der Waals surface area contributed by atoms with Gasteiger partial charge in [-0.2, -0.15) is 0 Å². The van der Waals surface area contributed by atoms with Crippen molar-refractivity contribution >= 4 is 33.3 Å².